The lowest BCUT2D eigenvalue weighted by molar-refractivity contribution is 0.0124. The summed E-state index contributed by atoms with van der Waals surface area (Å²) in [5, 5.41) is 3.47. The molecule has 24 heavy (non-hydrogen) atoms. The van der Waals surface area contributed by atoms with E-state index in [1.165, 1.54) is 0 Å². The molecule has 2 atom stereocenters. The van der Waals surface area contributed by atoms with E-state index in [1.54, 1.807) is 18.5 Å². The number of nitrogens with one attached hydrogen (secondary N) is 1. The van der Waals surface area contributed by atoms with Crippen LogP contribution in [0.1, 0.15) is 29.0 Å². The van der Waals surface area contributed by atoms with Gasteiger partial charge in [0.05, 0.1) is 42.3 Å². The van der Waals surface area contributed by atoms with E-state index in [4.69, 9.17) is 9.15 Å². The third kappa shape index (κ3) is 2.78. The molecule has 0 unspecified atom stereocenters. The van der Waals surface area contributed by atoms with Crippen molar-refractivity contribution < 1.29 is 13.9 Å². The van der Waals surface area contributed by atoms with Crippen LogP contribution in [0.25, 0.3) is 0 Å². The summed E-state index contributed by atoms with van der Waals surface area (Å²) in [7, 11) is 0. The Kier molecular flexibility index (Phi) is 3.76. The number of ether oxygens (including phenoxy) is 1. The molecule has 2 aliphatic rings. The quantitative estimate of drug-likeness (QED) is 0.938. The van der Waals surface area contributed by atoms with Crippen molar-refractivity contribution in [1.29, 1.82) is 0 Å². The maximum Gasteiger partial charge on any atom is 0.257 e. The second-order valence-electron chi connectivity index (χ2n) is 6.65. The maximum absolute atomic E-state index is 12.6. The molecule has 0 radical (unpaired) electrons. The molecule has 6 nitrogen and oxygen atoms in total. The zero-order chi connectivity index (χ0) is 16.6. The Hall–Kier alpha value is -2.34. The molecular weight excluding hydrogens is 306 g/mol. The van der Waals surface area contributed by atoms with Gasteiger partial charge in [-0.2, -0.15) is 0 Å². The molecule has 1 amide bonds. The Morgan fingerprint density at radius 2 is 2.38 bits per heavy atom. The first-order valence-electron chi connectivity index (χ1n) is 8.29. The topological polar surface area (TPSA) is 67.6 Å². The van der Waals surface area contributed by atoms with Crippen molar-refractivity contribution in [3.8, 4) is 0 Å². The van der Waals surface area contributed by atoms with E-state index in [0.717, 1.165) is 25.1 Å². The average Bonchev–Trinajstić information content (AvgIpc) is 3.30. The van der Waals surface area contributed by atoms with Gasteiger partial charge < -0.3 is 19.4 Å². The number of pyridine rings is 1. The molecular formula is C18H21N3O3. The summed E-state index contributed by atoms with van der Waals surface area (Å²) in [5.74, 6) is 0.704. The van der Waals surface area contributed by atoms with Crippen LogP contribution in [0.3, 0.4) is 0 Å². The highest BCUT2D eigenvalue weighted by Crippen LogP contribution is 2.36. The lowest BCUT2D eigenvalue weighted by atomic mass is 9.97. The number of anilines is 1. The molecule has 2 aromatic heterocycles. The standard InChI is InChI=1S/C18H21N3O3/c1-13-16(4-8-23-13)17(22)21-7-5-18(12-21)9-15(11-24-18)20-14-3-2-6-19-10-14/h2-4,6,8,10,15,20H,5,7,9,11-12H2,1H3/t15-,18-/m1/s1. The van der Waals surface area contributed by atoms with Crippen LogP contribution in [0.5, 0.6) is 0 Å². The zero-order valence-electron chi connectivity index (χ0n) is 13.7. The zero-order valence-corrected chi connectivity index (χ0v) is 13.7. The SMILES string of the molecule is Cc1occc1C(=O)N1CC[C@@]2(C[C@@H](Nc3cccnc3)CO2)C1. The van der Waals surface area contributed by atoms with Crippen molar-refractivity contribution in [2.75, 3.05) is 25.0 Å². The minimum atomic E-state index is -0.229. The molecule has 4 rings (SSSR count). The minimum absolute atomic E-state index is 0.0328. The van der Waals surface area contributed by atoms with Gasteiger partial charge in [0.1, 0.15) is 5.76 Å². The number of amides is 1. The van der Waals surface area contributed by atoms with E-state index >= 15 is 0 Å². The van der Waals surface area contributed by atoms with Crippen molar-refractivity contribution >= 4 is 11.6 Å². The maximum atomic E-state index is 12.6. The number of aryl methyl sites for hydroxylation is 1. The minimum Gasteiger partial charge on any atom is -0.469 e. The summed E-state index contributed by atoms with van der Waals surface area (Å²) in [6.45, 7) is 3.84. The number of hydrogen-bond donors (Lipinski definition) is 1. The van der Waals surface area contributed by atoms with E-state index in [1.807, 2.05) is 30.2 Å². The molecule has 0 aliphatic carbocycles. The molecule has 0 bridgehead atoms. The number of hydrogen-bond acceptors (Lipinski definition) is 5. The molecule has 2 aromatic rings. The highest BCUT2D eigenvalue weighted by molar-refractivity contribution is 5.95. The fourth-order valence-corrected chi connectivity index (χ4v) is 3.70. The van der Waals surface area contributed by atoms with Crippen LogP contribution in [0.15, 0.2) is 41.3 Å². The van der Waals surface area contributed by atoms with Crippen LogP contribution < -0.4 is 5.32 Å². The van der Waals surface area contributed by atoms with Gasteiger partial charge in [0, 0.05) is 25.4 Å². The van der Waals surface area contributed by atoms with Gasteiger partial charge in [-0.25, -0.2) is 0 Å². The largest absolute Gasteiger partial charge is 0.469 e. The van der Waals surface area contributed by atoms with Gasteiger partial charge in [-0.1, -0.05) is 0 Å². The van der Waals surface area contributed by atoms with Crippen LogP contribution in [0.2, 0.25) is 0 Å². The van der Waals surface area contributed by atoms with E-state index in [2.05, 4.69) is 10.3 Å². The average molecular weight is 327 g/mol. The van der Waals surface area contributed by atoms with Crippen LogP contribution in [-0.4, -0.2) is 47.1 Å². The van der Waals surface area contributed by atoms with Crippen LogP contribution in [-0.2, 0) is 4.74 Å². The molecule has 4 heterocycles. The van der Waals surface area contributed by atoms with E-state index in [0.29, 0.717) is 24.5 Å². The number of furan rings is 1. The number of carbonyl (C=O) groups excluding carboxylic acids is 1. The lowest BCUT2D eigenvalue weighted by Gasteiger charge is -2.23. The monoisotopic (exact) mass is 327 g/mol. The Bertz CT molecular complexity index is 730. The van der Waals surface area contributed by atoms with Gasteiger partial charge in [0.15, 0.2) is 0 Å². The first kappa shape index (κ1) is 15.2. The van der Waals surface area contributed by atoms with Crippen molar-refractivity contribution in [2.45, 2.75) is 31.4 Å². The van der Waals surface area contributed by atoms with Gasteiger partial charge >= 0.3 is 0 Å². The first-order chi connectivity index (χ1) is 11.7. The van der Waals surface area contributed by atoms with Gasteiger partial charge in [-0.15, -0.1) is 0 Å². The molecule has 1 spiro atoms. The van der Waals surface area contributed by atoms with Gasteiger partial charge in [0.25, 0.3) is 5.91 Å². The number of carbonyl (C=O) groups is 1. The second-order valence-corrected chi connectivity index (χ2v) is 6.65. The molecule has 126 valence electrons. The normalized spacial score (nSPS) is 26.2. The summed E-state index contributed by atoms with van der Waals surface area (Å²) in [5.41, 5.74) is 1.42. The predicted molar refractivity (Wildman–Crippen MR) is 88.9 cm³/mol. The van der Waals surface area contributed by atoms with Crippen LogP contribution in [0.4, 0.5) is 5.69 Å². The molecule has 6 heteroatoms. The van der Waals surface area contributed by atoms with Crippen molar-refractivity contribution in [3.63, 3.8) is 0 Å². The Morgan fingerprint density at radius 1 is 1.46 bits per heavy atom. The highest BCUT2D eigenvalue weighted by Gasteiger charge is 2.47. The van der Waals surface area contributed by atoms with Crippen molar-refractivity contribution in [1.82, 2.24) is 9.88 Å². The van der Waals surface area contributed by atoms with Gasteiger partial charge in [0.2, 0.25) is 0 Å². The third-order valence-electron chi connectivity index (χ3n) is 4.93. The lowest BCUT2D eigenvalue weighted by Crippen LogP contribution is -2.36. The van der Waals surface area contributed by atoms with E-state index in [-0.39, 0.29) is 17.6 Å². The number of rotatable bonds is 3. The second kappa shape index (κ2) is 5.94. The van der Waals surface area contributed by atoms with E-state index in [9.17, 15) is 4.79 Å². The summed E-state index contributed by atoms with van der Waals surface area (Å²) >= 11 is 0. The molecule has 1 N–H and O–H groups in total. The van der Waals surface area contributed by atoms with Gasteiger partial charge in [-0.05, 0) is 31.5 Å². The molecule has 2 aliphatic heterocycles. The Balaban J connectivity index is 1.40. The summed E-state index contributed by atoms with van der Waals surface area (Å²) in [4.78, 5) is 18.6. The fraction of sp³-hybridized carbons (Fsp3) is 0.444. The number of likely N-dealkylation sites (tertiary alicyclic amines) is 1. The first-order valence-corrected chi connectivity index (χ1v) is 8.29. The van der Waals surface area contributed by atoms with Crippen LogP contribution in [0, 0.1) is 6.92 Å². The summed E-state index contributed by atoms with van der Waals surface area (Å²) in [6, 6.07) is 5.91. The Labute approximate surface area is 140 Å². The molecule has 2 fully saturated rings. The van der Waals surface area contributed by atoms with E-state index < -0.39 is 0 Å². The summed E-state index contributed by atoms with van der Waals surface area (Å²) in [6.07, 6.45) is 6.92. The van der Waals surface area contributed by atoms with Gasteiger partial charge in [-0.3, -0.25) is 9.78 Å². The third-order valence-corrected chi connectivity index (χ3v) is 4.93. The Morgan fingerprint density at radius 3 is 3.12 bits per heavy atom. The van der Waals surface area contributed by atoms with Crippen LogP contribution >= 0.6 is 0 Å². The molecule has 0 saturated carbocycles. The van der Waals surface area contributed by atoms with Crippen molar-refractivity contribution in [2.24, 2.45) is 0 Å². The summed E-state index contributed by atoms with van der Waals surface area (Å²) < 4.78 is 11.4. The predicted octanol–water partition coefficient (Wildman–Crippen LogP) is 2.47. The van der Waals surface area contributed by atoms with Crippen molar-refractivity contribution in [3.05, 3.63) is 48.2 Å². The smallest absolute Gasteiger partial charge is 0.257 e. The number of aromatic nitrogens is 1. The highest BCUT2D eigenvalue weighted by atomic mass is 16.5. The molecule has 0 aromatic carbocycles. The molecule has 2 saturated heterocycles. The fourth-order valence-electron chi connectivity index (χ4n) is 3.70. The number of nitrogens with zero attached hydrogens (tertiary/aromatic N) is 2.